The molecule has 0 bridgehead atoms. The van der Waals surface area contributed by atoms with Gasteiger partial charge in [0.2, 0.25) is 11.8 Å². The van der Waals surface area contributed by atoms with E-state index in [1.165, 1.54) is 37.1 Å². The minimum atomic E-state index is -3.93. The lowest BCUT2D eigenvalue weighted by atomic mass is 9.92. The standard InChI is InChI=1S/C39H47N5O8S/c1-8-51-33-20-26(9-13-32(33)52-22(2)3)35(43-27-10-12-29-25(19-27)15-17-41-37(29)40)38(46)44-18-16-30(39(47)50-7)36(44)31-21-28(42-24(6)45)11-14-34(31)53(48,49)23(4)5/h9-15,17,19-23,30,35-36,43H,8,16,18H2,1-7H3,(H2,40,41)(H,42,45)/t30-,35?,36-/m0/s1. The lowest BCUT2D eigenvalue weighted by Crippen LogP contribution is -2.40. The molecule has 3 aromatic carbocycles. The summed E-state index contributed by atoms with van der Waals surface area (Å²) in [7, 11) is -2.68. The second-order valence-corrected chi connectivity index (χ2v) is 15.9. The molecule has 0 saturated carbocycles. The summed E-state index contributed by atoms with van der Waals surface area (Å²) >= 11 is 0. The molecule has 0 spiro atoms. The third-order valence-corrected chi connectivity index (χ3v) is 11.3. The Morgan fingerprint density at radius 3 is 2.38 bits per heavy atom. The van der Waals surface area contributed by atoms with Gasteiger partial charge in [-0.3, -0.25) is 14.4 Å². The molecule has 1 aliphatic heterocycles. The highest BCUT2D eigenvalue weighted by Crippen LogP contribution is 2.44. The number of benzene rings is 3. The van der Waals surface area contributed by atoms with Crippen molar-refractivity contribution in [2.45, 2.75) is 76.3 Å². The van der Waals surface area contributed by atoms with Gasteiger partial charge in [-0.25, -0.2) is 13.4 Å². The predicted molar refractivity (Wildman–Crippen MR) is 204 cm³/mol. The zero-order valence-electron chi connectivity index (χ0n) is 31.0. The number of amides is 2. The summed E-state index contributed by atoms with van der Waals surface area (Å²) in [6.07, 6.45) is 1.67. The van der Waals surface area contributed by atoms with Crippen molar-refractivity contribution >= 4 is 55.6 Å². The third-order valence-electron chi connectivity index (χ3n) is 9.08. The largest absolute Gasteiger partial charge is 0.490 e. The van der Waals surface area contributed by atoms with Gasteiger partial charge in [0.15, 0.2) is 21.3 Å². The summed E-state index contributed by atoms with van der Waals surface area (Å²) in [5.74, 6) is -0.994. The summed E-state index contributed by atoms with van der Waals surface area (Å²) in [6.45, 7) is 10.6. The van der Waals surface area contributed by atoms with Crippen LogP contribution in [0.1, 0.15) is 71.2 Å². The Bertz CT molecular complexity index is 2120. The molecule has 1 unspecified atom stereocenters. The highest BCUT2D eigenvalue weighted by Gasteiger charge is 2.46. The van der Waals surface area contributed by atoms with Crippen LogP contribution in [0.25, 0.3) is 10.8 Å². The smallest absolute Gasteiger partial charge is 0.311 e. The average Bonchev–Trinajstić information content (AvgIpc) is 3.55. The second-order valence-electron chi connectivity index (χ2n) is 13.4. The molecule has 1 fully saturated rings. The van der Waals surface area contributed by atoms with Crippen molar-refractivity contribution in [1.29, 1.82) is 0 Å². The summed E-state index contributed by atoms with van der Waals surface area (Å²) < 4.78 is 44.9. The van der Waals surface area contributed by atoms with Gasteiger partial charge in [-0.1, -0.05) is 6.07 Å². The second kappa shape index (κ2) is 16.1. The number of pyridine rings is 1. The van der Waals surface area contributed by atoms with E-state index in [1.54, 1.807) is 44.3 Å². The average molecular weight is 746 g/mol. The molecule has 0 aliphatic carbocycles. The number of nitrogens with two attached hydrogens (primary N) is 1. The van der Waals surface area contributed by atoms with Crippen LogP contribution in [0.15, 0.2) is 71.8 Å². The first kappa shape index (κ1) is 38.9. The minimum absolute atomic E-state index is 0.0424. The zero-order valence-corrected chi connectivity index (χ0v) is 31.8. The number of carbonyl (C=O) groups is 3. The van der Waals surface area contributed by atoms with Gasteiger partial charge in [0.25, 0.3) is 0 Å². The monoisotopic (exact) mass is 745 g/mol. The number of nitrogens with one attached hydrogen (secondary N) is 2. The molecule has 1 saturated heterocycles. The van der Waals surface area contributed by atoms with E-state index in [0.29, 0.717) is 40.9 Å². The van der Waals surface area contributed by atoms with Crippen LogP contribution in [0, 0.1) is 5.92 Å². The molecule has 13 nitrogen and oxygen atoms in total. The molecule has 53 heavy (non-hydrogen) atoms. The van der Waals surface area contributed by atoms with E-state index in [2.05, 4.69) is 15.6 Å². The van der Waals surface area contributed by atoms with E-state index in [1.807, 2.05) is 39.0 Å². The zero-order chi connectivity index (χ0) is 38.6. The number of methoxy groups -OCH3 is 1. The van der Waals surface area contributed by atoms with E-state index < -0.39 is 45.0 Å². The van der Waals surface area contributed by atoms with E-state index in [0.717, 1.165) is 10.8 Å². The molecule has 3 atom stereocenters. The summed E-state index contributed by atoms with van der Waals surface area (Å²) in [4.78, 5) is 46.3. The minimum Gasteiger partial charge on any atom is -0.490 e. The van der Waals surface area contributed by atoms with E-state index in [4.69, 9.17) is 19.9 Å². The summed E-state index contributed by atoms with van der Waals surface area (Å²) in [5, 5.41) is 6.84. The first-order valence-electron chi connectivity index (χ1n) is 17.5. The van der Waals surface area contributed by atoms with Gasteiger partial charge in [-0.15, -0.1) is 0 Å². The Balaban J connectivity index is 1.70. The number of sulfone groups is 1. The van der Waals surface area contributed by atoms with E-state index in [-0.39, 0.29) is 35.4 Å². The third kappa shape index (κ3) is 8.32. The Kier molecular flexibility index (Phi) is 11.8. The quantitative estimate of drug-likeness (QED) is 0.136. The SMILES string of the molecule is CCOc1cc(C(Nc2ccc3c(N)nccc3c2)C(=O)N2CC[C@H](C(=O)OC)[C@H]2c2cc(NC(C)=O)ccc2S(=O)(=O)C(C)C)ccc1OC(C)C. The molecule has 14 heteroatoms. The van der Waals surface area contributed by atoms with E-state index >= 15 is 4.79 Å². The first-order chi connectivity index (χ1) is 25.2. The van der Waals surface area contributed by atoms with Gasteiger partial charge in [0, 0.05) is 36.4 Å². The fourth-order valence-corrected chi connectivity index (χ4v) is 7.90. The number of fused-ring (bicyclic) bond motifs is 1. The number of esters is 1. The first-order valence-corrected chi connectivity index (χ1v) is 19.1. The van der Waals surface area contributed by atoms with Crippen molar-refractivity contribution in [3.8, 4) is 11.5 Å². The number of ether oxygens (including phenoxy) is 3. The van der Waals surface area contributed by atoms with Gasteiger partial charge in [-0.2, -0.15) is 0 Å². The normalized spacial score (nSPS) is 16.4. The van der Waals surface area contributed by atoms with Crippen LogP contribution in [-0.2, 0) is 29.0 Å². The molecule has 0 radical (unpaired) electrons. The van der Waals surface area contributed by atoms with Crippen LogP contribution in [0.3, 0.4) is 0 Å². The van der Waals surface area contributed by atoms with Crippen LogP contribution in [0.5, 0.6) is 11.5 Å². The van der Waals surface area contributed by atoms with Gasteiger partial charge < -0.3 is 35.5 Å². The lowest BCUT2D eigenvalue weighted by Gasteiger charge is -2.33. The van der Waals surface area contributed by atoms with Gasteiger partial charge in [0.05, 0.1) is 41.9 Å². The summed E-state index contributed by atoms with van der Waals surface area (Å²) in [6, 6.07) is 14.9. The van der Waals surface area contributed by atoms with Crippen LogP contribution >= 0.6 is 0 Å². The Hall–Kier alpha value is -5.37. The molecule has 5 rings (SSSR count). The maximum atomic E-state index is 15.2. The van der Waals surface area contributed by atoms with Crippen molar-refractivity contribution in [1.82, 2.24) is 9.88 Å². The van der Waals surface area contributed by atoms with Gasteiger partial charge >= 0.3 is 5.97 Å². The number of rotatable bonds is 13. The number of hydrogen-bond donors (Lipinski definition) is 3. The molecule has 4 aromatic rings. The molecule has 2 heterocycles. The molecule has 282 valence electrons. The Morgan fingerprint density at radius 1 is 0.981 bits per heavy atom. The lowest BCUT2D eigenvalue weighted by molar-refractivity contribution is -0.147. The molecular formula is C39H47N5O8S. The van der Waals surface area contributed by atoms with Gasteiger partial charge in [0.1, 0.15) is 11.9 Å². The summed E-state index contributed by atoms with van der Waals surface area (Å²) in [5.41, 5.74) is 7.77. The Morgan fingerprint density at radius 2 is 1.72 bits per heavy atom. The fraction of sp³-hybridized carbons (Fsp3) is 0.385. The van der Waals surface area contributed by atoms with Crippen molar-refractivity contribution in [2.75, 3.05) is 36.6 Å². The van der Waals surface area contributed by atoms with Gasteiger partial charge in [-0.05, 0) is 112 Å². The maximum absolute atomic E-state index is 15.2. The number of anilines is 3. The fourth-order valence-electron chi connectivity index (χ4n) is 6.63. The number of hydrogen-bond acceptors (Lipinski definition) is 11. The van der Waals surface area contributed by atoms with Crippen molar-refractivity contribution in [3.63, 3.8) is 0 Å². The molecule has 1 aromatic heterocycles. The van der Waals surface area contributed by atoms with Crippen LogP contribution in [0.4, 0.5) is 17.2 Å². The number of nitrogen functional groups attached to an aromatic ring is 1. The van der Waals surface area contributed by atoms with Crippen LogP contribution in [-0.4, -0.2) is 67.7 Å². The molecule has 2 amide bonds. The van der Waals surface area contributed by atoms with Crippen molar-refractivity contribution in [3.05, 3.63) is 78.0 Å². The maximum Gasteiger partial charge on any atom is 0.311 e. The number of nitrogens with zero attached hydrogens (tertiary/aromatic N) is 2. The topological polar surface area (TPSA) is 179 Å². The number of carbonyl (C=O) groups excluding carboxylic acids is 3. The predicted octanol–water partition coefficient (Wildman–Crippen LogP) is 6.06. The highest BCUT2D eigenvalue weighted by molar-refractivity contribution is 7.92. The van der Waals surface area contributed by atoms with Crippen molar-refractivity contribution in [2.24, 2.45) is 5.92 Å². The van der Waals surface area contributed by atoms with E-state index in [9.17, 15) is 18.0 Å². The van der Waals surface area contributed by atoms with Crippen molar-refractivity contribution < 1.29 is 37.0 Å². The molecule has 1 aliphatic rings. The number of aromatic nitrogens is 1. The van der Waals surface area contributed by atoms with Crippen LogP contribution < -0.4 is 25.8 Å². The van der Waals surface area contributed by atoms with Crippen LogP contribution in [0.2, 0.25) is 0 Å². The molecular weight excluding hydrogens is 699 g/mol. The number of likely N-dealkylation sites (tertiary alicyclic amines) is 1. The molecule has 4 N–H and O–H groups in total. The highest BCUT2D eigenvalue weighted by atomic mass is 32.2. The Labute approximate surface area is 310 Å².